The van der Waals surface area contributed by atoms with Crippen molar-refractivity contribution < 1.29 is 4.79 Å². The van der Waals surface area contributed by atoms with Gasteiger partial charge in [-0.25, -0.2) is 0 Å². The van der Waals surface area contributed by atoms with Gasteiger partial charge >= 0.3 is 0 Å². The molecule has 0 aliphatic rings. The van der Waals surface area contributed by atoms with Crippen molar-refractivity contribution >= 4 is 44.9 Å². The van der Waals surface area contributed by atoms with Gasteiger partial charge < -0.3 is 10.3 Å². The first-order chi connectivity index (χ1) is 9.63. The smallest absolute Gasteiger partial charge is 0.229 e. The Morgan fingerprint density at radius 1 is 1.45 bits per heavy atom. The van der Waals surface area contributed by atoms with Gasteiger partial charge in [-0.05, 0) is 47.6 Å². The van der Waals surface area contributed by atoms with E-state index in [-0.39, 0.29) is 5.91 Å². The maximum Gasteiger partial charge on any atom is 0.229 e. The van der Waals surface area contributed by atoms with E-state index in [0.29, 0.717) is 16.4 Å². The zero-order valence-electron chi connectivity index (χ0n) is 10.7. The lowest BCUT2D eigenvalue weighted by atomic mass is 10.1. The van der Waals surface area contributed by atoms with Crippen LogP contribution >= 0.6 is 23.1 Å². The van der Waals surface area contributed by atoms with Gasteiger partial charge in [0.15, 0.2) is 0 Å². The van der Waals surface area contributed by atoms with Crippen LogP contribution in [0.4, 0.5) is 5.00 Å². The molecule has 3 aromatic rings. The molecule has 3 rings (SSSR count). The van der Waals surface area contributed by atoms with Crippen LogP contribution in [0.3, 0.4) is 0 Å². The number of benzene rings is 1. The molecule has 2 heterocycles. The number of hydrogen-bond acceptors (Lipinski definition) is 3. The predicted octanol–water partition coefficient (Wildman–Crippen LogP) is 3.77. The Kier molecular flexibility index (Phi) is 3.46. The van der Waals surface area contributed by atoms with Crippen LogP contribution in [0.1, 0.15) is 11.3 Å². The van der Waals surface area contributed by atoms with E-state index < -0.39 is 0 Å². The predicted molar refractivity (Wildman–Crippen MR) is 82.5 cm³/mol. The normalized spacial score (nSPS) is 10.9. The molecule has 0 fully saturated rings. The fourth-order valence-electron chi connectivity index (χ4n) is 2.01. The van der Waals surface area contributed by atoms with Crippen LogP contribution in [0.15, 0.2) is 30.5 Å². The summed E-state index contributed by atoms with van der Waals surface area (Å²) in [4.78, 5) is 15.1. The van der Waals surface area contributed by atoms with Crippen LogP contribution in [0.2, 0.25) is 5.02 Å². The number of fused-ring (bicyclic) bond motifs is 1. The molecule has 102 valence electrons. The Balaban J connectivity index is 1.73. The molecule has 20 heavy (non-hydrogen) atoms. The first-order valence-electron chi connectivity index (χ1n) is 6.11. The van der Waals surface area contributed by atoms with Gasteiger partial charge in [0.1, 0.15) is 5.00 Å². The Morgan fingerprint density at radius 3 is 3.05 bits per heavy atom. The molecule has 0 bridgehead atoms. The van der Waals surface area contributed by atoms with E-state index in [2.05, 4.69) is 14.7 Å². The molecule has 4 nitrogen and oxygen atoms in total. The molecule has 0 aliphatic heterocycles. The van der Waals surface area contributed by atoms with Crippen LogP contribution in [-0.4, -0.2) is 15.3 Å². The molecule has 2 aromatic heterocycles. The highest BCUT2D eigenvalue weighted by molar-refractivity contribution is 7.11. The highest BCUT2D eigenvalue weighted by Crippen LogP contribution is 2.29. The highest BCUT2D eigenvalue weighted by atomic mass is 35.5. The molecule has 1 aromatic carbocycles. The van der Waals surface area contributed by atoms with E-state index in [1.165, 1.54) is 11.5 Å². The SMILES string of the molecule is Cc1nsc(NC(=O)Cc2ccc3[nH]ccc3c2)c1Cl. The number of hydrogen-bond donors (Lipinski definition) is 2. The average molecular weight is 306 g/mol. The van der Waals surface area contributed by atoms with E-state index in [9.17, 15) is 4.79 Å². The van der Waals surface area contributed by atoms with Crippen molar-refractivity contribution in [2.45, 2.75) is 13.3 Å². The monoisotopic (exact) mass is 305 g/mol. The van der Waals surface area contributed by atoms with Gasteiger partial charge in [-0.2, -0.15) is 4.37 Å². The number of H-pyrrole nitrogens is 1. The molecular weight excluding hydrogens is 294 g/mol. The number of anilines is 1. The van der Waals surface area contributed by atoms with Gasteiger partial charge in [-0.15, -0.1) is 0 Å². The second-order valence-electron chi connectivity index (χ2n) is 4.54. The first kappa shape index (κ1) is 13.1. The van der Waals surface area contributed by atoms with E-state index in [0.717, 1.165) is 22.2 Å². The number of halogens is 1. The third-order valence-corrected chi connectivity index (χ3v) is 4.45. The number of aromatic amines is 1. The topological polar surface area (TPSA) is 57.8 Å². The van der Waals surface area contributed by atoms with Gasteiger partial charge in [0.2, 0.25) is 5.91 Å². The molecule has 0 aliphatic carbocycles. The lowest BCUT2D eigenvalue weighted by Gasteiger charge is -2.03. The summed E-state index contributed by atoms with van der Waals surface area (Å²) in [7, 11) is 0. The number of nitrogens with zero attached hydrogens (tertiary/aromatic N) is 1. The van der Waals surface area contributed by atoms with E-state index in [1.54, 1.807) is 0 Å². The van der Waals surface area contributed by atoms with Crippen LogP contribution in [0, 0.1) is 6.92 Å². The molecule has 6 heteroatoms. The number of aryl methyl sites for hydroxylation is 1. The van der Waals surface area contributed by atoms with E-state index in [1.807, 2.05) is 37.4 Å². The fraction of sp³-hybridized carbons (Fsp3) is 0.143. The number of aromatic nitrogens is 2. The fourth-order valence-corrected chi connectivity index (χ4v) is 2.96. The number of carbonyl (C=O) groups excluding carboxylic acids is 1. The minimum atomic E-state index is -0.0922. The molecule has 2 N–H and O–H groups in total. The molecule has 0 saturated carbocycles. The van der Waals surface area contributed by atoms with Crippen LogP contribution in [-0.2, 0) is 11.2 Å². The minimum Gasteiger partial charge on any atom is -0.361 e. The first-order valence-corrected chi connectivity index (χ1v) is 7.26. The summed E-state index contributed by atoms with van der Waals surface area (Å²) in [5.41, 5.74) is 2.77. The maximum absolute atomic E-state index is 12.0. The Hall–Kier alpha value is -1.85. The van der Waals surface area contributed by atoms with E-state index >= 15 is 0 Å². The molecule has 0 unspecified atom stereocenters. The van der Waals surface area contributed by atoms with Crippen molar-refractivity contribution in [2.24, 2.45) is 0 Å². The lowest BCUT2D eigenvalue weighted by molar-refractivity contribution is -0.115. The number of nitrogens with one attached hydrogen (secondary N) is 2. The summed E-state index contributed by atoms with van der Waals surface area (Å²) < 4.78 is 4.10. The van der Waals surface area contributed by atoms with Gasteiger partial charge in [-0.3, -0.25) is 4.79 Å². The summed E-state index contributed by atoms with van der Waals surface area (Å²) >= 11 is 7.25. The minimum absolute atomic E-state index is 0.0922. The second kappa shape index (κ2) is 5.26. The third-order valence-electron chi connectivity index (χ3n) is 3.03. The van der Waals surface area contributed by atoms with E-state index in [4.69, 9.17) is 11.6 Å². The molecular formula is C14H12ClN3OS. The summed E-state index contributed by atoms with van der Waals surface area (Å²) in [6.45, 7) is 1.81. The van der Waals surface area contributed by atoms with Gasteiger partial charge in [0.25, 0.3) is 0 Å². The van der Waals surface area contributed by atoms with Crippen LogP contribution in [0.5, 0.6) is 0 Å². The molecule has 1 amide bonds. The molecule has 0 atom stereocenters. The van der Waals surface area contributed by atoms with Crippen molar-refractivity contribution in [3.63, 3.8) is 0 Å². The summed E-state index contributed by atoms with van der Waals surface area (Å²) in [5.74, 6) is -0.0922. The quantitative estimate of drug-likeness (QED) is 0.774. The standard InChI is InChI=1S/C14H12ClN3OS/c1-8-13(15)14(20-18-8)17-12(19)7-9-2-3-11-10(6-9)4-5-16-11/h2-6,16H,7H2,1H3,(H,17,19). The van der Waals surface area contributed by atoms with Crippen molar-refractivity contribution in [3.8, 4) is 0 Å². The van der Waals surface area contributed by atoms with Gasteiger partial charge in [0.05, 0.1) is 17.1 Å². The largest absolute Gasteiger partial charge is 0.361 e. The van der Waals surface area contributed by atoms with Crippen LogP contribution < -0.4 is 5.32 Å². The number of rotatable bonds is 3. The number of carbonyl (C=O) groups is 1. The van der Waals surface area contributed by atoms with Crippen molar-refractivity contribution in [1.29, 1.82) is 0 Å². The second-order valence-corrected chi connectivity index (χ2v) is 5.69. The third kappa shape index (κ3) is 2.55. The highest BCUT2D eigenvalue weighted by Gasteiger charge is 2.12. The zero-order valence-corrected chi connectivity index (χ0v) is 12.3. The Bertz CT molecular complexity index is 778. The Morgan fingerprint density at radius 2 is 2.30 bits per heavy atom. The van der Waals surface area contributed by atoms with Crippen molar-refractivity contribution in [3.05, 3.63) is 46.7 Å². The maximum atomic E-state index is 12.0. The van der Waals surface area contributed by atoms with Gasteiger partial charge in [0, 0.05) is 11.7 Å². The average Bonchev–Trinajstić information content (AvgIpc) is 3.00. The zero-order chi connectivity index (χ0) is 14.1. The Labute approximate surface area is 124 Å². The van der Waals surface area contributed by atoms with Crippen molar-refractivity contribution in [1.82, 2.24) is 9.36 Å². The molecule has 0 saturated heterocycles. The lowest BCUT2D eigenvalue weighted by Crippen LogP contribution is -2.13. The summed E-state index contributed by atoms with van der Waals surface area (Å²) in [6, 6.07) is 7.91. The van der Waals surface area contributed by atoms with Crippen molar-refractivity contribution in [2.75, 3.05) is 5.32 Å². The molecule has 0 spiro atoms. The van der Waals surface area contributed by atoms with Gasteiger partial charge in [-0.1, -0.05) is 17.7 Å². The molecule has 0 radical (unpaired) electrons. The van der Waals surface area contributed by atoms with Crippen LogP contribution in [0.25, 0.3) is 10.9 Å². The summed E-state index contributed by atoms with van der Waals surface area (Å²) in [5, 5.41) is 5.02. The summed E-state index contributed by atoms with van der Waals surface area (Å²) in [6.07, 6.45) is 2.20. The number of amides is 1.